The summed E-state index contributed by atoms with van der Waals surface area (Å²) in [5.74, 6) is 1.83. The number of rotatable bonds is 6. The van der Waals surface area contributed by atoms with Crippen molar-refractivity contribution < 1.29 is 4.74 Å². The fourth-order valence-corrected chi connectivity index (χ4v) is 3.44. The van der Waals surface area contributed by atoms with Crippen LogP contribution in [0.5, 0.6) is 5.75 Å². The van der Waals surface area contributed by atoms with Gasteiger partial charge in [-0.05, 0) is 47.6 Å². The SMILES string of the molecule is COc1cc(Cc2cnc(N)nc2N)c(C(C)Cc2ccccc2)cc1C. The summed E-state index contributed by atoms with van der Waals surface area (Å²) >= 11 is 0. The van der Waals surface area contributed by atoms with E-state index in [1.54, 1.807) is 13.3 Å². The summed E-state index contributed by atoms with van der Waals surface area (Å²) in [7, 11) is 1.69. The number of nitrogen functional groups attached to an aromatic ring is 2. The van der Waals surface area contributed by atoms with E-state index in [4.69, 9.17) is 16.2 Å². The minimum absolute atomic E-state index is 0.190. The summed E-state index contributed by atoms with van der Waals surface area (Å²) in [6, 6.07) is 14.8. The molecule has 140 valence electrons. The number of ether oxygens (including phenoxy) is 1. The van der Waals surface area contributed by atoms with E-state index in [9.17, 15) is 0 Å². The number of nitrogens with zero attached hydrogens (tertiary/aromatic N) is 2. The van der Waals surface area contributed by atoms with Crippen LogP contribution in [-0.2, 0) is 12.8 Å². The third-order valence-corrected chi connectivity index (χ3v) is 4.87. The Hall–Kier alpha value is -3.08. The molecular weight excluding hydrogens is 336 g/mol. The molecule has 0 aliphatic heterocycles. The van der Waals surface area contributed by atoms with Crippen LogP contribution in [0.3, 0.4) is 0 Å². The van der Waals surface area contributed by atoms with Gasteiger partial charge in [0.25, 0.3) is 0 Å². The molecule has 0 saturated carbocycles. The predicted molar refractivity (Wildman–Crippen MR) is 110 cm³/mol. The van der Waals surface area contributed by atoms with Gasteiger partial charge in [-0.2, -0.15) is 4.98 Å². The van der Waals surface area contributed by atoms with Crippen LogP contribution in [0.15, 0.2) is 48.7 Å². The number of benzene rings is 2. The number of methoxy groups -OCH3 is 1. The van der Waals surface area contributed by atoms with Crippen LogP contribution < -0.4 is 16.2 Å². The van der Waals surface area contributed by atoms with Crippen molar-refractivity contribution in [1.82, 2.24) is 9.97 Å². The molecule has 1 atom stereocenters. The second-order valence-corrected chi connectivity index (χ2v) is 6.93. The Morgan fingerprint density at radius 3 is 2.48 bits per heavy atom. The van der Waals surface area contributed by atoms with Crippen molar-refractivity contribution >= 4 is 11.8 Å². The molecule has 4 N–H and O–H groups in total. The molecule has 0 aliphatic carbocycles. The Morgan fingerprint density at radius 2 is 1.81 bits per heavy atom. The van der Waals surface area contributed by atoms with E-state index in [2.05, 4.69) is 60.2 Å². The summed E-state index contributed by atoms with van der Waals surface area (Å²) in [4.78, 5) is 8.18. The molecule has 5 heteroatoms. The highest BCUT2D eigenvalue weighted by Crippen LogP contribution is 2.32. The molecule has 0 saturated heterocycles. The van der Waals surface area contributed by atoms with Crippen LogP contribution in [0.4, 0.5) is 11.8 Å². The largest absolute Gasteiger partial charge is 0.496 e. The number of anilines is 2. The van der Waals surface area contributed by atoms with Crippen LogP contribution in [-0.4, -0.2) is 17.1 Å². The Kier molecular flexibility index (Phi) is 5.60. The predicted octanol–water partition coefficient (Wildman–Crippen LogP) is 3.90. The summed E-state index contributed by atoms with van der Waals surface area (Å²) in [6.07, 6.45) is 3.31. The summed E-state index contributed by atoms with van der Waals surface area (Å²) < 4.78 is 5.54. The molecule has 3 rings (SSSR count). The van der Waals surface area contributed by atoms with Crippen molar-refractivity contribution in [2.24, 2.45) is 0 Å². The van der Waals surface area contributed by atoms with Crippen LogP contribution in [0, 0.1) is 6.92 Å². The third kappa shape index (κ3) is 4.37. The first-order valence-corrected chi connectivity index (χ1v) is 9.06. The van der Waals surface area contributed by atoms with Gasteiger partial charge in [-0.1, -0.05) is 43.3 Å². The Bertz CT molecular complexity index is 925. The maximum absolute atomic E-state index is 6.06. The molecule has 2 aromatic carbocycles. The van der Waals surface area contributed by atoms with E-state index in [0.717, 1.165) is 23.3 Å². The average molecular weight is 362 g/mol. The van der Waals surface area contributed by atoms with Crippen molar-refractivity contribution in [1.29, 1.82) is 0 Å². The molecular formula is C22H26N4O. The molecule has 0 radical (unpaired) electrons. The number of aromatic nitrogens is 2. The van der Waals surface area contributed by atoms with Gasteiger partial charge in [0.05, 0.1) is 7.11 Å². The lowest BCUT2D eigenvalue weighted by Gasteiger charge is -2.20. The van der Waals surface area contributed by atoms with Gasteiger partial charge in [-0.3, -0.25) is 0 Å². The first-order valence-electron chi connectivity index (χ1n) is 9.06. The van der Waals surface area contributed by atoms with Crippen LogP contribution in [0.1, 0.15) is 40.7 Å². The molecule has 5 nitrogen and oxygen atoms in total. The van der Waals surface area contributed by atoms with Gasteiger partial charge in [0, 0.05) is 18.2 Å². The van der Waals surface area contributed by atoms with Gasteiger partial charge >= 0.3 is 0 Å². The number of hydrogen-bond acceptors (Lipinski definition) is 5. The maximum atomic E-state index is 6.06. The van der Waals surface area contributed by atoms with E-state index < -0.39 is 0 Å². The summed E-state index contributed by atoms with van der Waals surface area (Å²) in [5.41, 5.74) is 17.4. The van der Waals surface area contributed by atoms with Crippen LogP contribution >= 0.6 is 0 Å². The van der Waals surface area contributed by atoms with Crippen LogP contribution in [0.2, 0.25) is 0 Å². The van der Waals surface area contributed by atoms with E-state index in [1.165, 1.54) is 16.7 Å². The maximum Gasteiger partial charge on any atom is 0.221 e. The van der Waals surface area contributed by atoms with Gasteiger partial charge in [0.15, 0.2) is 0 Å². The van der Waals surface area contributed by atoms with E-state index >= 15 is 0 Å². The molecule has 0 fully saturated rings. The van der Waals surface area contributed by atoms with E-state index in [1.807, 2.05) is 6.07 Å². The molecule has 0 spiro atoms. The van der Waals surface area contributed by atoms with Gasteiger partial charge < -0.3 is 16.2 Å². The van der Waals surface area contributed by atoms with Gasteiger partial charge in [-0.15, -0.1) is 0 Å². The number of aryl methyl sites for hydroxylation is 1. The van der Waals surface area contributed by atoms with E-state index in [-0.39, 0.29) is 5.95 Å². The zero-order valence-corrected chi connectivity index (χ0v) is 16.1. The fraction of sp³-hybridized carbons (Fsp3) is 0.273. The van der Waals surface area contributed by atoms with Crippen molar-refractivity contribution in [3.8, 4) is 5.75 Å². The van der Waals surface area contributed by atoms with E-state index in [0.29, 0.717) is 18.2 Å². The van der Waals surface area contributed by atoms with Crippen molar-refractivity contribution in [2.45, 2.75) is 32.6 Å². The zero-order chi connectivity index (χ0) is 19.4. The summed E-state index contributed by atoms with van der Waals surface area (Å²) in [5, 5.41) is 0. The van der Waals surface area contributed by atoms with Crippen molar-refractivity contribution in [3.63, 3.8) is 0 Å². The van der Waals surface area contributed by atoms with Crippen LogP contribution in [0.25, 0.3) is 0 Å². The minimum Gasteiger partial charge on any atom is -0.496 e. The van der Waals surface area contributed by atoms with Crippen molar-refractivity contribution in [3.05, 3.63) is 76.5 Å². The minimum atomic E-state index is 0.190. The summed E-state index contributed by atoms with van der Waals surface area (Å²) in [6.45, 7) is 4.32. The van der Waals surface area contributed by atoms with Gasteiger partial charge in [0.1, 0.15) is 11.6 Å². The Balaban J connectivity index is 1.97. The molecule has 1 unspecified atom stereocenters. The second kappa shape index (κ2) is 8.08. The monoisotopic (exact) mass is 362 g/mol. The smallest absolute Gasteiger partial charge is 0.221 e. The normalized spacial score (nSPS) is 12.0. The molecule has 0 aliphatic rings. The number of nitrogens with two attached hydrogens (primary N) is 2. The molecule has 0 bridgehead atoms. The van der Waals surface area contributed by atoms with Gasteiger partial charge in [-0.25, -0.2) is 4.98 Å². The topological polar surface area (TPSA) is 87.0 Å². The highest BCUT2D eigenvalue weighted by Gasteiger charge is 2.16. The fourth-order valence-electron chi connectivity index (χ4n) is 3.44. The first-order chi connectivity index (χ1) is 13.0. The van der Waals surface area contributed by atoms with Crippen molar-refractivity contribution in [2.75, 3.05) is 18.6 Å². The number of hydrogen-bond donors (Lipinski definition) is 2. The molecule has 3 aromatic rings. The molecule has 27 heavy (non-hydrogen) atoms. The molecule has 1 aromatic heterocycles. The van der Waals surface area contributed by atoms with Gasteiger partial charge in [0.2, 0.25) is 5.95 Å². The third-order valence-electron chi connectivity index (χ3n) is 4.87. The lowest BCUT2D eigenvalue weighted by atomic mass is 9.87. The standard InChI is InChI=1S/C22H26N4O/c1-14(9-16-7-5-4-6-8-16)19-10-15(2)20(27-3)12-17(19)11-18-13-25-22(24)26-21(18)23/h4-8,10,12-14H,9,11H2,1-3H3,(H4,23,24,25,26). The molecule has 1 heterocycles. The average Bonchev–Trinajstić information content (AvgIpc) is 2.65. The molecule has 0 amide bonds. The lowest BCUT2D eigenvalue weighted by molar-refractivity contribution is 0.411. The Labute approximate surface area is 160 Å². The highest BCUT2D eigenvalue weighted by molar-refractivity contribution is 5.49. The quantitative estimate of drug-likeness (QED) is 0.694. The Morgan fingerprint density at radius 1 is 1.07 bits per heavy atom. The zero-order valence-electron chi connectivity index (χ0n) is 16.1. The first kappa shape index (κ1) is 18.7. The second-order valence-electron chi connectivity index (χ2n) is 6.93. The lowest BCUT2D eigenvalue weighted by Crippen LogP contribution is -2.08. The highest BCUT2D eigenvalue weighted by atomic mass is 16.5.